The first-order chi connectivity index (χ1) is 28.8. The molecule has 2 fully saturated rings. The van der Waals surface area contributed by atoms with E-state index in [1.807, 2.05) is 0 Å². The van der Waals surface area contributed by atoms with E-state index in [0.29, 0.717) is 23.4 Å². The molecule has 0 atom stereocenters. The van der Waals surface area contributed by atoms with Crippen molar-refractivity contribution in [2.75, 3.05) is 0 Å². The van der Waals surface area contributed by atoms with Crippen molar-refractivity contribution in [1.82, 2.24) is 43.8 Å². The average molecular weight is 856 g/mol. The number of benzene rings is 2. The Hall–Kier alpha value is -5.57. The summed E-state index contributed by atoms with van der Waals surface area (Å²) in [5, 5.41) is 5.66. The van der Waals surface area contributed by atoms with Gasteiger partial charge >= 0.3 is 0 Å². The lowest BCUT2D eigenvalue weighted by Gasteiger charge is -2.26. The molecule has 2 amide bonds. The zero-order valence-electron chi connectivity index (χ0n) is 32.9. The van der Waals surface area contributed by atoms with Gasteiger partial charge in [-0.2, -0.15) is 0 Å². The number of amides is 2. The number of sulfonamides is 2. The quantitative estimate of drug-likeness (QED) is 0.104. The minimum atomic E-state index is -3.58. The minimum Gasteiger partial charge on any atom is -0.348 e. The SMILES string of the molecule is NC1CCC(NS(=O)(=O)c2ccc(CNC(=O)c3ccc4nccn4c3)cc2)CC1.NC1CCC(NS(=O)(=O)c2ccc(CNC(=O)c3cnc4nccn4c3)cc2)CC1. The zero-order chi connectivity index (χ0) is 42.3. The van der Waals surface area contributed by atoms with E-state index < -0.39 is 20.0 Å². The number of nitrogens with zero attached hydrogens (tertiary/aromatic N) is 5. The lowest BCUT2D eigenvalue weighted by Crippen LogP contribution is -2.40. The van der Waals surface area contributed by atoms with E-state index in [1.165, 1.54) is 6.20 Å². The summed E-state index contributed by atoms with van der Waals surface area (Å²) in [6.45, 7) is 0.574. The summed E-state index contributed by atoms with van der Waals surface area (Å²) in [4.78, 5) is 37.5. The Balaban J connectivity index is 0.000000181. The van der Waals surface area contributed by atoms with E-state index in [9.17, 15) is 26.4 Å². The Labute approximate surface area is 348 Å². The van der Waals surface area contributed by atoms with Crippen molar-refractivity contribution in [3.8, 4) is 0 Å². The standard InChI is InChI=1S/C21H25N5O3S.C20H24N6O3S/c22-17-4-6-18(7-5-17)25-30(28,29)19-8-1-15(2-9-19)13-24-21(27)16-3-10-20-23-11-12-26(20)14-16;21-16-3-5-17(6-4-16)25-30(28,29)18-7-1-14(2-8-18)11-23-19(27)15-12-24-20-22-9-10-26(20)13-15/h1-3,8-12,14,17-18,25H,4-7,13,22H2,(H,24,27);1-2,7-10,12-13,16-17,25H,3-6,11,21H2,(H,23,27). The van der Waals surface area contributed by atoms with E-state index in [2.05, 4.69) is 35.0 Å². The highest BCUT2D eigenvalue weighted by Crippen LogP contribution is 2.21. The number of nitrogens with one attached hydrogen (secondary N) is 4. The number of aromatic nitrogens is 5. The van der Waals surface area contributed by atoms with Crippen LogP contribution in [0.2, 0.25) is 0 Å². The number of carbonyl (C=O) groups is 2. The van der Waals surface area contributed by atoms with Gasteiger partial charge in [-0.15, -0.1) is 0 Å². The van der Waals surface area contributed by atoms with Gasteiger partial charge in [0.15, 0.2) is 0 Å². The molecule has 2 aromatic carbocycles. The number of rotatable bonds is 12. The first kappa shape index (κ1) is 42.6. The lowest BCUT2D eigenvalue weighted by molar-refractivity contribution is 0.0942. The topological polar surface area (TPSA) is 250 Å². The van der Waals surface area contributed by atoms with Crippen molar-refractivity contribution in [1.29, 1.82) is 0 Å². The predicted octanol–water partition coefficient (Wildman–Crippen LogP) is 3.02. The molecule has 6 aromatic rings. The van der Waals surface area contributed by atoms with Crippen molar-refractivity contribution in [3.05, 3.63) is 126 Å². The lowest BCUT2D eigenvalue weighted by atomic mass is 9.93. The summed E-state index contributed by atoms with van der Waals surface area (Å²) in [6.07, 6.45) is 18.0. The number of carbonyl (C=O) groups excluding carboxylic acids is 2. The van der Waals surface area contributed by atoms with Crippen LogP contribution in [0.25, 0.3) is 11.4 Å². The summed E-state index contributed by atoms with van der Waals surface area (Å²) < 4.78 is 59.4. The van der Waals surface area contributed by atoms with Gasteiger partial charge < -0.3 is 26.5 Å². The number of hydrogen-bond donors (Lipinski definition) is 6. The van der Waals surface area contributed by atoms with Crippen LogP contribution in [0.5, 0.6) is 0 Å². The van der Waals surface area contributed by atoms with Crippen LogP contribution in [0, 0.1) is 0 Å². The summed E-state index contributed by atoms with van der Waals surface area (Å²) in [6, 6.07) is 16.7. The fourth-order valence-corrected chi connectivity index (χ4v) is 9.79. The summed E-state index contributed by atoms with van der Waals surface area (Å²) >= 11 is 0. The first-order valence-corrected chi connectivity index (χ1v) is 22.8. The molecule has 4 aromatic heterocycles. The highest BCUT2D eigenvalue weighted by Gasteiger charge is 2.26. The normalized spacial score (nSPS) is 19.6. The Morgan fingerprint density at radius 3 is 1.58 bits per heavy atom. The molecule has 60 heavy (non-hydrogen) atoms. The molecule has 8 N–H and O–H groups in total. The monoisotopic (exact) mass is 855 g/mol. The molecule has 2 aliphatic carbocycles. The van der Waals surface area contributed by atoms with E-state index >= 15 is 0 Å². The van der Waals surface area contributed by atoms with E-state index in [1.54, 1.807) is 107 Å². The molecule has 2 aliphatic rings. The number of imidazole rings is 2. The van der Waals surface area contributed by atoms with Crippen LogP contribution in [0.15, 0.2) is 114 Å². The first-order valence-electron chi connectivity index (χ1n) is 19.8. The molecule has 8 rings (SSSR count). The van der Waals surface area contributed by atoms with Gasteiger partial charge in [0, 0.05) is 80.6 Å². The van der Waals surface area contributed by atoms with E-state index in [-0.39, 0.29) is 52.3 Å². The smallest absolute Gasteiger partial charge is 0.254 e. The van der Waals surface area contributed by atoms with Gasteiger partial charge in [-0.1, -0.05) is 24.3 Å². The van der Waals surface area contributed by atoms with Crippen LogP contribution in [-0.4, -0.2) is 76.6 Å². The van der Waals surface area contributed by atoms with Crippen LogP contribution in [0.3, 0.4) is 0 Å². The molecule has 0 radical (unpaired) electrons. The van der Waals surface area contributed by atoms with Crippen LogP contribution >= 0.6 is 0 Å². The molecular weight excluding hydrogens is 807 g/mol. The summed E-state index contributed by atoms with van der Waals surface area (Å²) in [5.41, 5.74) is 15.1. The fourth-order valence-electron chi connectivity index (χ4n) is 7.18. The van der Waals surface area contributed by atoms with Gasteiger partial charge in [0.25, 0.3) is 11.8 Å². The Morgan fingerprint density at radius 2 is 1.05 bits per heavy atom. The zero-order valence-corrected chi connectivity index (χ0v) is 34.5. The van der Waals surface area contributed by atoms with Gasteiger partial charge in [0.1, 0.15) is 5.65 Å². The van der Waals surface area contributed by atoms with Crippen LogP contribution < -0.4 is 31.5 Å². The number of hydrogen-bond acceptors (Lipinski definition) is 11. The Bertz CT molecular complexity index is 2450. The molecule has 4 heterocycles. The van der Waals surface area contributed by atoms with Crippen LogP contribution in [-0.2, 0) is 33.1 Å². The second kappa shape index (κ2) is 18.8. The molecule has 0 aliphatic heterocycles. The Morgan fingerprint density at radius 1 is 0.583 bits per heavy atom. The predicted molar refractivity (Wildman–Crippen MR) is 225 cm³/mol. The van der Waals surface area contributed by atoms with Crippen molar-refractivity contribution in [3.63, 3.8) is 0 Å². The van der Waals surface area contributed by atoms with E-state index in [0.717, 1.165) is 68.1 Å². The van der Waals surface area contributed by atoms with E-state index in [4.69, 9.17) is 11.5 Å². The highest BCUT2D eigenvalue weighted by molar-refractivity contribution is 7.89. The molecule has 17 nitrogen and oxygen atoms in total. The Kier molecular flexibility index (Phi) is 13.3. The highest BCUT2D eigenvalue weighted by atomic mass is 32.2. The van der Waals surface area contributed by atoms with Crippen molar-refractivity contribution in [2.24, 2.45) is 11.5 Å². The number of pyridine rings is 1. The maximum atomic E-state index is 12.6. The van der Waals surface area contributed by atoms with Crippen molar-refractivity contribution >= 4 is 43.3 Å². The number of nitrogens with two attached hydrogens (primary N) is 2. The number of fused-ring (bicyclic) bond motifs is 2. The van der Waals surface area contributed by atoms with Crippen LogP contribution in [0.4, 0.5) is 0 Å². The molecular formula is C41H49N11O6S2. The third-order valence-electron chi connectivity index (χ3n) is 10.7. The molecule has 0 bridgehead atoms. The molecule has 0 spiro atoms. The molecule has 0 unspecified atom stereocenters. The molecule has 316 valence electrons. The minimum absolute atomic E-state index is 0.0680. The second-order valence-corrected chi connectivity index (χ2v) is 18.6. The van der Waals surface area contributed by atoms with Crippen LogP contribution in [0.1, 0.15) is 83.2 Å². The molecule has 2 saturated carbocycles. The molecule has 0 saturated heterocycles. The second-order valence-electron chi connectivity index (χ2n) is 15.2. The van der Waals surface area contributed by atoms with Gasteiger partial charge in [-0.25, -0.2) is 41.2 Å². The van der Waals surface area contributed by atoms with Gasteiger partial charge in [0.2, 0.25) is 25.8 Å². The van der Waals surface area contributed by atoms with Gasteiger partial charge in [0.05, 0.1) is 20.9 Å². The fraction of sp³-hybridized carbons (Fsp3) is 0.341. The third kappa shape index (κ3) is 11.0. The maximum Gasteiger partial charge on any atom is 0.254 e. The average Bonchev–Trinajstić information content (AvgIpc) is 3.93. The van der Waals surface area contributed by atoms with Crippen molar-refractivity contribution < 1.29 is 26.4 Å². The largest absolute Gasteiger partial charge is 0.348 e. The van der Waals surface area contributed by atoms with Gasteiger partial charge in [-0.05, 0) is 98.9 Å². The van der Waals surface area contributed by atoms with Crippen molar-refractivity contribution in [2.45, 2.75) is 98.4 Å². The molecule has 19 heteroatoms. The summed E-state index contributed by atoms with van der Waals surface area (Å²) in [7, 11) is -7.15. The summed E-state index contributed by atoms with van der Waals surface area (Å²) in [5.74, 6) is 0.0412. The third-order valence-corrected chi connectivity index (χ3v) is 13.8. The van der Waals surface area contributed by atoms with Gasteiger partial charge in [-0.3, -0.25) is 14.0 Å². The maximum absolute atomic E-state index is 12.6.